The molecular weight excluding hydrogens is 162 g/mol. The topological polar surface area (TPSA) is 37.0 Å². The molecule has 3 nitrogen and oxygen atoms in total. The molecule has 1 aliphatic rings. The third kappa shape index (κ3) is 2.42. The maximum absolute atomic E-state index is 3.99. The summed E-state index contributed by atoms with van der Waals surface area (Å²) in [6.07, 6.45) is 6.07. The molecule has 70 valence electrons. The molecule has 13 heavy (non-hydrogen) atoms. The highest BCUT2D eigenvalue weighted by molar-refractivity contribution is 5.41. The summed E-state index contributed by atoms with van der Waals surface area (Å²) in [5.74, 6) is 0. The number of pyridine rings is 1. The third-order valence-corrected chi connectivity index (χ3v) is 2.39. The minimum atomic E-state index is 0.628. The Bertz CT molecular complexity index is 242. The van der Waals surface area contributed by atoms with Gasteiger partial charge < -0.3 is 10.6 Å². The first-order valence-corrected chi connectivity index (χ1v) is 4.82. The van der Waals surface area contributed by atoms with Crippen molar-refractivity contribution in [1.82, 2.24) is 10.3 Å². The average molecular weight is 177 g/mol. The highest BCUT2D eigenvalue weighted by atomic mass is 15.0. The first kappa shape index (κ1) is 8.51. The molecule has 0 spiro atoms. The zero-order valence-corrected chi connectivity index (χ0v) is 7.66. The maximum atomic E-state index is 3.99. The summed E-state index contributed by atoms with van der Waals surface area (Å²) in [6, 6.07) is 4.66. The minimum absolute atomic E-state index is 0.628. The van der Waals surface area contributed by atoms with Crippen molar-refractivity contribution < 1.29 is 0 Å². The van der Waals surface area contributed by atoms with Crippen LogP contribution in [0.25, 0.3) is 0 Å². The Balaban J connectivity index is 1.90. The zero-order valence-electron chi connectivity index (χ0n) is 7.66. The van der Waals surface area contributed by atoms with E-state index in [0.717, 1.165) is 13.1 Å². The van der Waals surface area contributed by atoms with Gasteiger partial charge in [0.1, 0.15) is 0 Å². The van der Waals surface area contributed by atoms with Gasteiger partial charge in [-0.2, -0.15) is 0 Å². The van der Waals surface area contributed by atoms with Gasteiger partial charge in [0.15, 0.2) is 0 Å². The van der Waals surface area contributed by atoms with E-state index in [1.807, 2.05) is 24.5 Å². The van der Waals surface area contributed by atoms with Crippen molar-refractivity contribution in [2.24, 2.45) is 0 Å². The summed E-state index contributed by atoms with van der Waals surface area (Å²) < 4.78 is 0. The van der Waals surface area contributed by atoms with E-state index >= 15 is 0 Å². The van der Waals surface area contributed by atoms with Gasteiger partial charge in [-0.05, 0) is 38.1 Å². The van der Waals surface area contributed by atoms with Crippen LogP contribution >= 0.6 is 0 Å². The number of rotatable bonds is 2. The van der Waals surface area contributed by atoms with Gasteiger partial charge in [-0.1, -0.05) is 0 Å². The molecule has 0 amide bonds. The van der Waals surface area contributed by atoms with Gasteiger partial charge in [-0.15, -0.1) is 0 Å². The van der Waals surface area contributed by atoms with Crippen LogP contribution in [0.3, 0.4) is 0 Å². The van der Waals surface area contributed by atoms with Crippen LogP contribution in [0.4, 0.5) is 5.69 Å². The maximum Gasteiger partial charge on any atom is 0.0373 e. The summed E-state index contributed by atoms with van der Waals surface area (Å²) in [6.45, 7) is 2.26. The van der Waals surface area contributed by atoms with E-state index in [2.05, 4.69) is 15.6 Å². The minimum Gasteiger partial charge on any atom is -0.382 e. The molecule has 1 fully saturated rings. The lowest BCUT2D eigenvalue weighted by Crippen LogP contribution is -2.35. The normalized spacial score (nSPS) is 18.5. The predicted octanol–water partition coefficient (Wildman–Crippen LogP) is 1.25. The van der Waals surface area contributed by atoms with Gasteiger partial charge in [-0.3, -0.25) is 4.98 Å². The second-order valence-corrected chi connectivity index (χ2v) is 3.40. The van der Waals surface area contributed by atoms with E-state index < -0.39 is 0 Å². The molecule has 0 unspecified atom stereocenters. The average Bonchev–Trinajstić information content (AvgIpc) is 2.21. The number of nitrogens with zero attached hydrogens (tertiary/aromatic N) is 1. The van der Waals surface area contributed by atoms with E-state index in [1.165, 1.54) is 18.5 Å². The fourth-order valence-corrected chi connectivity index (χ4v) is 1.65. The number of hydrogen-bond acceptors (Lipinski definition) is 3. The van der Waals surface area contributed by atoms with Gasteiger partial charge in [0.25, 0.3) is 0 Å². The number of nitrogens with one attached hydrogen (secondary N) is 2. The Morgan fingerprint density at radius 3 is 2.62 bits per heavy atom. The van der Waals surface area contributed by atoms with E-state index in [9.17, 15) is 0 Å². The molecule has 1 saturated heterocycles. The van der Waals surface area contributed by atoms with Crippen LogP contribution in [-0.2, 0) is 0 Å². The highest BCUT2D eigenvalue weighted by Gasteiger charge is 2.11. The van der Waals surface area contributed by atoms with Gasteiger partial charge in [0, 0.05) is 24.1 Å². The fraction of sp³-hybridized carbons (Fsp3) is 0.500. The molecule has 1 aromatic rings. The van der Waals surface area contributed by atoms with Crippen molar-refractivity contribution in [3.8, 4) is 0 Å². The highest BCUT2D eigenvalue weighted by Crippen LogP contribution is 2.11. The molecule has 3 heteroatoms. The monoisotopic (exact) mass is 177 g/mol. The molecule has 0 atom stereocenters. The Hall–Kier alpha value is -1.09. The van der Waals surface area contributed by atoms with E-state index in [-0.39, 0.29) is 0 Å². The molecule has 0 saturated carbocycles. The van der Waals surface area contributed by atoms with Crippen LogP contribution in [0.15, 0.2) is 24.5 Å². The molecule has 2 heterocycles. The molecular formula is C10H15N3. The van der Waals surface area contributed by atoms with Gasteiger partial charge >= 0.3 is 0 Å². The largest absolute Gasteiger partial charge is 0.382 e. The summed E-state index contributed by atoms with van der Waals surface area (Å²) >= 11 is 0. The van der Waals surface area contributed by atoms with Crippen LogP contribution in [0, 0.1) is 0 Å². The van der Waals surface area contributed by atoms with E-state index in [1.54, 1.807) is 0 Å². The molecule has 0 bridgehead atoms. The summed E-state index contributed by atoms with van der Waals surface area (Å²) in [7, 11) is 0. The van der Waals surface area contributed by atoms with Crippen LogP contribution in [0.5, 0.6) is 0 Å². The summed E-state index contributed by atoms with van der Waals surface area (Å²) in [5.41, 5.74) is 1.18. The Labute approximate surface area is 78.6 Å². The molecule has 1 aliphatic heterocycles. The lowest BCUT2D eigenvalue weighted by Gasteiger charge is -2.24. The molecule has 0 radical (unpaired) electrons. The van der Waals surface area contributed by atoms with Crippen molar-refractivity contribution in [2.45, 2.75) is 18.9 Å². The molecule has 2 rings (SSSR count). The fourth-order valence-electron chi connectivity index (χ4n) is 1.65. The Morgan fingerprint density at radius 2 is 1.92 bits per heavy atom. The number of anilines is 1. The van der Waals surface area contributed by atoms with Crippen molar-refractivity contribution in [3.05, 3.63) is 24.5 Å². The van der Waals surface area contributed by atoms with Crippen LogP contribution in [0.1, 0.15) is 12.8 Å². The smallest absolute Gasteiger partial charge is 0.0373 e. The zero-order chi connectivity index (χ0) is 8.93. The molecule has 2 N–H and O–H groups in total. The molecule has 1 aromatic heterocycles. The summed E-state index contributed by atoms with van der Waals surface area (Å²) in [5, 5.41) is 6.85. The van der Waals surface area contributed by atoms with Crippen molar-refractivity contribution in [1.29, 1.82) is 0 Å². The molecule has 0 aliphatic carbocycles. The van der Waals surface area contributed by atoms with Gasteiger partial charge in [0.2, 0.25) is 0 Å². The van der Waals surface area contributed by atoms with E-state index in [4.69, 9.17) is 0 Å². The van der Waals surface area contributed by atoms with Crippen molar-refractivity contribution >= 4 is 5.69 Å². The Morgan fingerprint density at radius 1 is 1.23 bits per heavy atom. The first-order chi connectivity index (χ1) is 6.45. The predicted molar refractivity (Wildman–Crippen MR) is 53.8 cm³/mol. The third-order valence-electron chi connectivity index (χ3n) is 2.39. The summed E-state index contributed by atoms with van der Waals surface area (Å²) in [4.78, 5) is 3.99. The SMILES string of the molecule is c1cc(NC2CCNCC2)ccn1. The van der Waals surface area contributed by atoms with Crippen LogP contribution in [-0.4, -0.2) is 24.1 Å². The Kier molecular flexibility index (Phi) is 2.77. The first-order valence-electron chi connectivity index (χ1n) is 4.82. The lowest BCUT2D eigenvalue weighted by molar-refractivity contribution is 0.479. The van der Waals surface area contributed by atoms with Crippen molar-refractivity contribution in [2.75, 3.05) is 18.4 Å². The van der Waals surface area contributed by atoms with Crippen molar-refractivity contribution in [3.63, 3.8) is 0 Å². The lowest BCUT2D eigenvalue weighted by atomic mass is 10.1. The van der Waals surface area contributed by atoms with Crippen LogP contribution < -0.4 is 10.6 Å². The quantitative estimate of drug-likeness (QED) is 0.713. The van der Waals surface area contributed by atoms with Gasteiger partial charge in [0.05, 0.1) is 0 Å². The van der Waals surface area contributed by atoms with Gasteiger partial charge in [-0.25, -0.2) is 0 Å². The number of aromatic nitrogens is 1. The second-order valence-electron chi connectivity index (χ2n) is 3.40. The second kappa shape index (κ2) is 4.23. The number of hydrogen-bond donors (Lipinski definition) is 2. The standard InChI is InChI=1S/C10H15N3/c1-5-11-6-2-9(1)13-10-3-7-12-8-4-10/h1-2,5-6,10,12H,3-4,7-8H2,(H,11,13). The number of piperidine rings is 1. The molecule has 0 aromatic carbocycles. The van der Waals surface area contributed by atoms with Crippen LogP contribution in [0.2, 0.25) is 0 Å². The van der Waals surface area contributed by atoms with E-state index in [0.29, 0.717) is 6.04 Å².